The van der Waals surface area contributed by atoms with Crippen molar-refractivity contribution in [3.63, 3.8) is 0 Å². The molecule has 0 aromatic carbocycles. The number of hydrogen-bond acceptors (Lipinski definition) is 3. The van der Waals surface area contributed by atoms with Crippen LogP contribution in [0.4, 0.5) is 0 Å². The summed E-state index contributed by atoms with van der Waals surface area (Å²) in [4.78, 5) is 22.6. The Kier molecular flexibility index (Phi) is 4.54. The zero-order valence-electron chi connectivity index (χ0n) is 9.29. The average molecular weight is 198 g/mol. The molecule has 0 bridgehead atoms. The summed E-state index contributed by atoms with van der Waals surface area (Å²) < 4.78 is 5.09. The van der Waals surface area contributed by atoms with E-state index in [4.69, 9.17) is 4.74 Å². The summed E-state index contributed by atoms with van der Waals surface area (Å²) in [6.07, 6.45) is 1.89. The Labute approximate surface area is 85.1 Å². The molecule has 0 aliphatic heterocycles. The molecule has 1 unspecified atom stereocenters. The molecule has 0 aromatic rings. The maximum Gasteiger partial charge on any atom is 0.317 e. The summed E-state index contributed by atoms with van der Waals surface area (Å²) in [5.41, 5.74) is -0.709. The van der Waals surface area contributed by atoms with Crippen LogP contribution in [0.1, 0.15) is 34.1 Å². The molecule has 80 valence electrons. The monoisotopic (exact) mass is 198 g/mol. The molecule has 0 fully saturated rings. The van der Waals surface area contributed by atoms with E-state index in [9.17, 15) is 9.59 Å². The number of Topliss-reactive ketones (excluding diaryl/α,β-unsaturated/α-hetero) is 1. The first kappa shape index (κ1) is 12.9. The molecule has 0 aromatic heterocycles. The summed E-state index contributed by atoms with van der Waals surface area (Å²) in [7, 11) is 0. The van der Waals surface area contributed by atoms with Gasteiger partial charge in [-0.1, -0.05) is 13.5 Å². The Hall–Kier alpha value is -1.12. The molecule has 1 atom stereocenters. The maximum absolute atomic E-state index is 11.4. The fourth-order valence-corrected chi connectivity index (χ4v) is 0.827. The quantitative estimate of drug-likeness (QED) is 0.386. The molecule has 0 aliphatic rings. The van der Waals surface area contributed by atoms with Gasteiger partial charge in [0.2, 0.25) is 0 Å². The van der Waals surface area contributed by atoms with Crippen molar-refractivity contribution in [3.05, 3.63) is 12.7 Å². The zero-order valence-corrected chi connectivity index (χ0v) is 9.29. The van der Waals surface area contributed by atoms with Crippen LogP contribution in [0.2, 0.25) is 0 Å². The topological polar surface area (TPSA) is 43.4 Å². The SMILES string of the molecule is C=CC(C)(C)OC(=O)C(C)C(=O)CC. The molecular weight excluding hydrogens is 180 g/mol. The molecule has 0 radical (unpaired) electrons. The molecule has 0 amide bonds. The van der Waals surface area contributed by atoms with Crippen molar-refractivity contribution < 1.29 is 14.3 Å². The number of carbonyl (C=O) groups excluding carboxylic acids is 2. The van der Waals surface area contributed by atoms with Crippen molar-refractivity contribution in [1.29, 1.82) is 0 Å². The van der Waals surface area contributed by atoms with Crippen LogP contribution in [0.25, 0.3) is 0 Å². The lowest BCUT2D eigenvalue weighted by Crippen LogP contribution is -2.31. The van der Waals surface area contributed by atoms with Gasteiger partial charge in [-0.15, -0.1) is 0 Å². The molecule has 0 saturated heterocycles. The second-order valence-corrected chi connectivity index (χ2v) is 3.77. The van der Waals surface area contributed by atoms with Crippen LogP contribution in [0.3, 0.4) is 0 Å². The Morgan fingerprint density at radius 2 is 2.00 bits per heavy atom. The molecular formula is C11H18O3. The van der Waals surface area contributed by atoms with Crippen molar-refractivity contribution in [2.45, 2.75) is 39.7 Å². The molecule has 3 heteroatoms. The van der Waals surface area contributed by atoms with Gasteiger partial charge in [-0.25, -0.2) is 0 Å². The van der Waals surface area contributed by atoms with Crippen LogP contribution in [-0.2, 0) is 14.3 Å². The van der Waals surface area contributed by atoms with Gasteiger partial charge in [0, 0.05) is 6.42 Å². The van der Waals surface area contributed by atoms with E-state index < -0.39 is 17.5 Å². The molecule has 3 nitrogen and oxygen atoms in total. The third-order valence-electron chi connectivity index (χ3n) is 2.04. The van der Waals surface area contributed by atoms with Gasteiger partial charge in [-0.3, -0.25) is 9.59 Å². The molecule has 0 rings (SSSR count). The Balaban J connectivity index is 4.35. The molecule has 0 saturated carbocycles. The Morgan fingerprint density at radius 3 is 2.36 bits per heavy atom. The average Bonchev–Trinajstić information content (AvgIpc) is 2.14. The first-order chi connectivity index (χ1) is 6.34. The van der Waals surface area contributed by atoms with E-state index in [1.54, 1.807) is 27.7 Å². The molecule has 0 heterocycles. The second-order valence-electron chi connectivity index (χ2n) is 3.77. The van der Waals surface area contributed by atoms with Crippen LogP contribution < -0.4 is 0 Å². The number of hydrogen-bond donors (Lipinski definition) is 0. The molecule has 14 heavy (non-hydrogen) atoms. The Morgan fingerprint density at radius 1 is 1.50 bits per heavy atom. The highest BCUT2D eigenvalue weighted by molar-refractivity contribution is 5.98. The van der Waals surface area contributed by atoms with E-state index in [2.05, 4.69) is 6.58 Å². The van der Waals surface area contributed by atoms with Crippen molar-refractivity contribution >= 4 is 11.8 Å². The van der Waals surface area contributed by atoms with Gasteiger partial charge in [0.1, 0.15) is 17.3 Å². The number of rotatable bonds is 5. The summed E-state index contributed by atoms with van der Waals surface area (Å²) in [5, 5.41) is 0. The van der Waals surface area contributed by atoms with Gasteiger partial charge in [0.25, 0.3) is 0 Å². The van der Waals surface area contributed by atoms with Gasteiger partial charge in [-0.05, 0) is 26.8 Å². The minimum atomic E-state index is -0.709. The predicted octanol–water partition coefficient (Wildman–Crippen LogP) is 2.11. The largest absolute Gasteiger partial charge is 0.455 e. The highest BCUT2D eigenvalue weighted by Crippen LogP contribution is 2.14. The zero-order chi connectivity index (χ0) is 11.4. The van der Waals surface area contributed by atoms with E-state index in [-0.39, 0.29) is 5.78 Å². The normalized spacial score (nSPS) is 13.1. The van der Waals surface area contributed by atoms with Crippen LogP contribution >= 0.6 is 0 Å². The number of carbonyl (C=O) groups is 2. The Bertz CT molecular complexity index is 241. The molecule has 0 aliphatic carbocycles. The van der Waals surface area contributed by atoms with E-state index in [0.717, 1.165) is 0 Å². The highest BCUT2D eigenvalue weighted by Gasteiger charge is 2.26. The fraction of sp³-hybridized carbons (Fsp3) is 0.636. The van der Waals surface area contributed by atoms with Crippen molar-refractivity contribution in [1.82, 2.24) is 0 Å². The van der Waals surface area contributed by atoms with Crippen LogP contribution in [-0.4, -0.2) is 17.4 Å². The number of ketones is 1. The standard InChI is InChI=1S/C11H18O3/c1-6-9(12)8(3)10(13)14-11(4,5)7-2/h7-8H,2,6H2,1,3-5H3. The lowest BCUT2D eigenvalue weighted by Gasteiger charge is -2.22. The van der Waals surface area contributed by atoms with Gasteiger partial charge in [0.15, 0.2) is 0 Å². The van der Waals surface area contributed by atoms with Crippen molar-refractivity contribution in [2.75, 3.05) is 0 Å². The van der Waals surface area contributed by atoms with Crippen molar-refractivity contribution in [2.24, 2.45) is 5.92 Å². The summed E-state index contributed by atoms with van der Waals surface area (Å²) >= 11 is 0. The van der Waals surface area contributed by atoms with Gasteiger partial charge in [0.05, 0.1) is 0 Å². The van der Waals surface area contributed by atoms with Gasteiger partial charge < -0.3 is 4.74 Å². The summed E-state index contributed by atoms with van der Waals surface area (Å²) in [6.45, 7) is 10.3. The fourth-order valence-electron chi connectivity index (χ4n) is 0.827. The van der Waals surface area contributed by atoms with Crippen molar-refractivity contribution in [3.8, 4) is 0 Å². The van der Waals surface area contributed by atoms with Crippen LogP contribution in [0, 0.1) is 5.92 Å². The minimum absolute atomic E-state index is 0.102. The van der Waals surface area contributed by atoms with E-state index in [1.165, 1.54) is 6.08 Å². The first-order valence-corrected chi connectivity index (χ1v) is 4.73. The van der Waals surface area contributed by atoms with E-state index in [1.807, 2.05) is 0 Å². The predicted molar refractivity (Wildman–Crippen MR) is 54.8 cm³/mol. The molecule has 0 N–H and O–H groups in total. The van der Waals surface area contributed by atoms with Gasteiger partial charge in [-0.2, -0.15) is 0 Å². The highest BCUT2D eigenvalue weighted by atomic mass is 16.6. The number of ether oxygens (including phenoxy) is 1. The van der Waals surface area contributed by atoms with Crippen LogP contribution in [0.5, 0.6) is 0 Å². The number of esters is 1. The summed E-state index contributed by atoms with van der Waals surface area (Å²) in [6, 6.07) is 0. The van der Waals surface area contributed by atoms with Gasteiger partial charge >= 0.3 is 5.97 Å². The minimum Gasteiger partial charge on any atom is -0.455 e. The lowest BCUT2D eigenvalue weighted by molar-refractivity contribution is -0.159. The van der Waals surface area contributed by atoms with E-state index >= 15 is 0 Å². The van der Waals surface area contributed by atoms with E-state index in [0.29, 0.717) is 6.42 Å². The lowest BCUT2D eigenvalue weighted by atomic mass is 10.0. The van der Waals surface area contributed by atoms with Crippen LogP contribution in [0.15, 0.2) is 12.7 Å². The third kappa shape index (κ3) is 3.73. The first-order valence-electron chi connectivity index (χ1n) is 4.73. The maximum atomic E-state index is 11.4. The second kappa shape index (κ2) is 4.94. The molecule has 0 spiro atoms. The third-order valence-corrected chi connectivity index (χ3v) is 2.04. The summed E-state index contributed by atoms with van der Waals surface area (Å²) in [5.74, 6) is -1.27. The smallest absolute Gasteiger partial charge is 0.317 e.